The van der Waals surface area contributed by atoms with Crippen LogP contribution >= 0.6 is 6.89 Å². The van der Waals surface area contributed by atoms with E-state index in [1.54, 1.807) is 0 Å². The highest BCUT2D eigenvalue weighted by Gasteiger charge is 2.32. The first-order chi connectivity index (χ1) is 14.6. The molecule has 0 bridgehead atoms. The number of benzene rings is 3. The zero-order valence-corrected chi connectivity index (χ0v) is 18.6. The average molecular weight is 417 g/mol. The summed E-state index contributed by atoms with van der Waals surface area (Å²) in [7, 11) is 0. The molecule has 0 heterocycles. The Balaban J connectivity index is 2.49. The van der Waals surface area contributed by atoms with Crippen molar-refractivity contribution in [2.75, 3.05) is 0 Å². The van der Waals surface area contributed by atoms with Crippen molar-refractivity contribution in [3.05, 3.63) is 91.0 Å². The van der Waals surface area contributed by atoms with Gasteiger partial charge in [-0.3, -0.25) is 9.59 Å². The summed E-state index contributed by atoms with van der Waals surface area (Å²) in [5.74, 6) is 0.354. The molecule has 0 spiro atoms. The van der Waals surface area contributed by atoms with E-state index in [0.29, 0.717) is 25.7 Å². The first-order valence-corrected chi connectivity index (χ1v) is 12.4. The number of hydrogen-bond acceptors (Lipinski definition) is 2. The lowest BCUT2D eigenvalue weighted by molar-refractivity contribution is -0.118. The molecule has 0 amide bonds. The van der Waals surface area contributed by atoms with Crippen LogP contribution < -0.4 is 15.9 Å². The first kappa shape index (κ1) is 22.0. The third-order valence-corrected chi connectivity index (χ3v) is 10.0. The molecule has 0 radical (unpaired) electrons. The highest BCUT2D eigenvalue weighted by molar-refractivity contribution is 7.96. The highest BCUT2D eigenvalue weighted by atomic mass is 31.2. The Morgan fingerprint density at radius 2 is 1.00 bits per heavy atom. The summed E-state index contributed by atoms with van der Waals surface area (Å²) in [6.07, 6.45) is 1.85. The van der Waals surface area contributed by atoms with Gasteiger partial charge in [0.1, 0.15) is 5.78 Å². The molecule has 0 saturated carbocycles. The molecular weight excluding hydrogens is 387 g/mol. The van der Waals surface area contributed by atoms with Crippen LogP contribution in [0.5, 0.6) is 0 Å². The van der Waals surface area contributed by atoms with Crippen LogP contribution in [0.2, 0.25) is 0 Å². The lowest BCUT2D eigenvalue weighted by atomic mass is 10.1. The molecule has 0 aliphatic heterocycles. The third-order valence-electron chi connectivity index (χ3n) is 5.51. The van der Waals surface area contributed by atoms with Crippen molar-refractivity contribution in [1.29, 1.82) is 0 Å². The fraction of sp³-hybridized carbons (Fsp3) is 0.222. The number of Topliss-reactive ketones (excluding diaryl/α,β-unsaturated/α-hetero) is 2. The van der Waals surface area contributed by atoms with E-state index < -0.39 is 6.89 Å². The molecule has 0 saturated heterocycles. The van der Waals surface area contributed by atoms with Gasteiger partial charge < -0.3 is 0 Å². The fourth-order valence-corrected chi connectivity index (χ4v) is 8.67. The Bertz CT molecular complexity index is 935. The van der Waals surface area contributed by atoms with Gasteiger partial charge in [0.05, 0.1) is 0 Å². The van der Waals surface area contributed by atoms with Gasteiger partial charge in [-0.1, -0.05) is 105 Å². The number of carbonyl (C=O) groups is 2. The van der Waals surface area contributed by atoms with Crippen LogP contribution in [0.1, 0.15) is 39.5 Å². The maximum absolute atomic E-state index is 13.5. The molecule has 30 heavy (non-hydrogen) atoms. The molecule has 0 aliphatic rings. The van der Waals surface area contributed by atoms with Crippen LogP contribution in [0, 0.1) is 0 Å². The van der Waals surface area contributed by atoms with Crippen LogP contribution in [0.25, 0.3) is 0 Å². The van der Waals surface area contributed by atoms with Crippen LogP contribution in [-0.4, -0.2) is 16.9 Å². The van der Waals surface area contributed by atoms with Crippen molar-refractivity contribution in [3.8, 4) is 0 Å². The van der Waals surface area contributed by atoms with E-state index in [0.717, 1.165) is 21.2 Å². The molecular formula is C27H29O2P. The Morgan fingerprint density at radius 3 is 1.33 bits per heavy atom. The molecule has 0 fully saturated rings. The number of hydrogen-bond donors (Lipinski definition) is 0. The smallest absolute Gasteiger partial charge is 0.159 e. The monoisotopic (exact) mass is 416 g/mol. The van der Waals surface area contributed by atoms with Crippen molar-refractivity contribution in [3.63, 3.8) is 0 Å². The molecule has 0 unspecified atom stereocenters. The van der Waals surface area contributed by atoms with Crippen molar-refractivity contribution < 1.29 is 9.59 Å². The molecule has 2 nitrogen and oxygen atoms in total. The van der Waals surface area contributed by atoms with E-state index in [4.69, 9.17) is 0 Å². The molecule has 0 N–H and O–H groups in total. The summed E-state index contributed by atoms with van der Waals surface area (Å²) in [5.41, 5.74) is 0. The van der Waals surface area contributed by atoms with Gasteiger partial charge in [-0.05, 0) is 29.2 Å². The standard InChI is InChI=1S/C27H29O2P/c1-3-22(28)20-21-27(26(29)4-2)30(23-14-8-5-9-15-23,24-16-10-6-11-17-24)25-18-12-7-13-19-25/h5-19H,3-4,20-21H2,1-2H3. The Hall–Kier alpha value is -2.70. The van der Waals surface area contributed by atoms with Gasteiger partial charge in [-0.2, -0.15) is 0 Å². The summed E-state index contributed by atoms with van der Waals surface area (Å²) >= 11 is 0. The molecule has 0 atom stereocenters. The minimum absolute atomic E-state index is 0.156. The minimum Gasteiger partial charge on any atom is -0.300 e. The Kier molecular flexibility index (Phi) is 7.60. The first-order valence-electron chi connectivity index (χ1n) is 10.6. The lowest BCUT2D eigenvalue weighted by Gasteiger charge is -2.32. The summed E-state index contributed by atoms with van der Waals surface area (Å²) in [6.45, 7) is 1.41. The summed E-state index contributed by atoms with van der Waals surface area (Å²) in [5, 5.41) is 4.37. The maximum Gasteiger partial charge on any atom is 0.159 e. The van der Waals surface area contributed by atoms with Gasteiger partial charge in [0.15, 0.2) is 5.78 Å². The predicted molar refractivity (Wildman–Crippen MR) is 130 cm³/mol. The number of ketones is 2. The SMILES string of the molecule is CCC(=O)CCC(C(=O)CC)=P(c1ccccc1)(c1ccccc1)c1ccccc1. The van der Waals surface area contributed by atoms with Crippen molar-refractivity contribution >= 4 is 39.7 Å². The van der Waals surface area contributed by atoms with E-state index in [1.807, 2.05) is 68.4 Å². The number of rotatable bonds is 9. The second-order valence-corrected chi connectivity index (χ2v) is 10.7. The molecule has 0 aliphatic carbocycles. The van der Waals surface area contributed by atoms with E-state index in [2.05, 4.69) is 36.4 Å². The van der Waals surface area contributed by atoms with Crippen LogP contribution in [0.4, 0.5) is 0 Å². The lowest BCUT2D eigenvalue weighted by Crippen LogP contribution is -2.33. The molecule has 3 heteroatoms. The van der Waals surface area contributed by atoms with E-state index in [9.17, 15) is 9.59 Å². The van der Waals surface area contributed by atoms with Gasteiger partial charge in [0.2, 0.25) is 0 Å². The molecule has 154 valence electrons. The van der Waals surface area contributed by atoms with E-state index >= 15 is 0 Å². The second kappa shape index (κ2) is 10.4. The predicted octanol–water partition coefficient (Wildman–Crippen LogP) is 4.89. The Labute approximate surface area is 179 Å². The topological polar surface area (TPSA) is 34.1 Å². The van der Waals surface area contributed by atoms with Gasteiger partial charge in [0, 0.05) is 24.6 Å². The van der Waals surface area contributed by atoms with Crippen LogP contribution in [0.15, 0.2) is 91.0 Å². The summed E-state index contributed by atoms with van der Waals surface area (Å²) in [4.78, 5) is 25.7. The fourth-order valence-electron chi connectivity index (χ4n) is 4.00. The zero-order valence-electron chi connectivity index (χ0n) is 17.8. The van der Waals surface area contributed by atoms with Gasteiger partial charge >= 0.3 is 0 Å². The maximum atomic E-state index is 13.5. The van der Waals surface area contributed by atoms with Crippen molar-refractivity contribution in [1.82, 2.24) is 0 Å². The Morgan fingerprint density at radius 1 is 0.600 bits per heavy atom. The van der Waals surface area contributed by atoms with Crippen LogP contribution in [0.3, 0.4) is 0 Å². The van der Waals surface area contributed by atoms with Gasteiger partial charge in [-0.15, -0.1) is 0 Å². The quantitative estimate of drug-likeness (QED) is 0.466. The zero-order chi connectivity index (χ0) is 21.4. The molecule has 3 aromatic rings. The largest absolute Gasteiger partial charge is 0.300 e. The normalized spacial score (nSPS) is 11.1. The average Bonchev–Trinajstić information content (AvgIpc) is 2.82. The van der Waals surface area contributed by atoms with Gasteiger partial charge in [0.25, 0.3) is 0 Å². The van der Waals surface area contributed by atoms with Crippen LogP contribution in [-0.2, 0) is 9.59 Å². The van der Waals surface area contributed by atoms with E-state index in [1.165, 1.54) is 0 Å². The second-order valence-electron chi connectivity index (χ2n) is 7.29. The van der Waals surface area contributed by atoms with Gasteiger partial charge in [-0.25, -0.2) is 0 Å². The summed E-state index contributed by atoms with van der Waals surface area (Å²) < 4.78 is 0. The number of carbonyl (C=O) groups excluding carboxylic acids is 2. The highest BCUT2D eigenvalue weighted by Crippen LogP contribution is 2.47. The van der Waals surface area contributed by atoms with E-state index in [-0.39, 0.29) is 11.6 Å². The molecule has 0 aromatic heterocycles. The third kappa shape index (κ3) is 4.40. The minimum atomic E-state index is -2.39. The molecule has 3 aromatic carbocycles. The van der Waals surface area contributed by atoms with Crippen molar-refractivity contribution in [2.24, 2.45) is 0 Å². The molecule has 3 rings (SSSR count). The van der Waals surface area contributed by atoms with Crippen molar-refractivity contribution in [2.45, 2.75) is 39.5 Å². The summed E-state index contributed by atoms with van der Waals surface area (Å²) in [6, 6.07) is 31.1.